The normalized spacial score (nSPS) is 11.9. The third kappa shape index (κ3) is 3.75. The fraction of sp³-hybridized carbons (Fsp3) is 0.308. The van der Waals surface area contributed by atoms with E-state index < -0.39 is 0 Å². The molecule has 2 aromatic rings. The summed E-state index contributed by atoms with van der Waals surface area (Å²) in [4.78, 5) is 11.8. The highest BCUT2D eigenvalue weighted by molar-refractivity contribution is 7.15. The summed E-state index contributed by atoms with van der Waals surface area (Å²) >= 11 is 1.33. The largest absolute Gasteiger partial charge is 0.325 e. The molecule has 6 nitrogen and oxygen atoms in total. The molecule has 0 aliphatic rings. The van der Waals surface area contributed by atoms with E-state index in [1.807, 2.05) is 38.2 Å². The molecule has 2 rings (SSSR count). The highest BCUT2D eigenvalue weighted by Gasteiger charge is 2.08. The van der Waals surface area contributed by atoms with E-state index in [9.17, 15) is 4.79 Å². The summed E-state index contributed by atoms with van der Waals surface area (Å²) in [7, 11) is 1.90. The average molecular weight is 291 g/mol. The predicted molar refractivity (Wildman–Crippen MR) is 81.2 cm³/mol. The van der Waals surface area contributed by atoms with Crippen LogP contribution in [0.5, 0.6) is 0 Å². The maximum absolute atomic E-state index is 11.8. The lowest BCUT2D eigenvalue weighted by atomic mass is 10.1. The van der Waals surface area contributed by atoms with Crippen LogP contribution in [-0.4, -0.2) is 23.3 Å². The number of nitrogens with zero attached hydrogens (tertiary/aromatic N) is 2. The second kappa shape index (κ2) is 6.44. The average Bonchev–Trinajstić information content (AvgIpc) is 2.83. The standard InChI is InChI=1S/C13H17N5OS/c1-8(14-3)10-5-4-6-11(7-10)15-12(19)16-13-18-17-9(2)20-13/h4-8,14H,1-3H3,(H2,15,16,18,19). The Balaban J connectivity index is 2.00. The van der Waals surface area contributed by atoms with Crippen molar-refractivity contribution in [3.63, 3.8) is 0 Å². The molecule has 3 N–H and O–H groups in total. The molecule has 1 atom stereocenters. The van der Waals surface area contributed by atoms with Gasteiger partial charge < -0.3 is 10.6 Å². The first-order valence-electron chi connectivity index (χ1n) is 6.24. The van der Waals surface area contributed by atoms with Crippen LogP contribution in [0.3, 0.4) is 0 Å². The number of anilines is 2. The van der Waals surface area contributed by atoms with Gasteiger partial charge in [-0.25, -0.2) is 4.79 Å². The number of aryl methyl sites for hydroxylation is 1. The van der Waals surface area contributed by atoms with Gasteiger partial charge in [-0.1, -0.05) is 23.5 Å². The molecule has 0 aliphatic heterocycles. The fourth-order valence-electron chi connectivity index (χ4n) is 1.66. The minimum Gasteiger partial charge on any atom is -0.313 e. The third-order valence-electron chi connectivity index (χ3n) is 2.82. The van der Waals surface area contributed by atoms with E-state index in [4.69, 9.17) is 0 Å². The molecule has 1 unspecified atom stereocenters. The maximum atomic E-state index is 11.8. The number of hydrogen-bond donors (Lipinski definition) is 3. The summed E-state index contributed by atoms with van der Waals surface area (Å²) in [6, 6.07) is 7.61. The van der Waals surface area contributed by atoms with Crippen molar-refractivity contribution in [1.82, 2.24) is 15.5 Å². The van der Waals surface area contributed by atoms with Crippen molar-refractivity contribution < 1.29 is 4.79 Å². The Morgan fingerprint density at radius 2 is 2.10 bits per heavy atom. The van der Waals surface area contributed by atoms with Crippen molar-refractivity contribution in [2.75, 3.05) is 17.7 Å². The van der Waals surface area contributed by atoms with Gasteiger partial charge in [-0.05, 0) is 38.6 Å². The number of nitrogens with one attached hydrogen (secondary N) is 3. The third-order valence-corrected chi connectivity index (χ3v) is 3.58. The van der Waals surface area contributed by atoms with Gasteiger partial charge in [0.2, 0.25) is 5.13 Å². The van der Waals surface area contributed by atoms with Gasteiger partial charge in [0.25, 0.3) is 0 Å². The molecule has 1 heterocycles. The number of benzene rings is 1. The molecule has 106 valence electrons. The molecule has 0 bridgehead atoms. The predicted octanol–water partition coefficient (Wildman–Crippen LogP) is 2.77. The molecule has 0 aliphatic carbocycles. The van der Waals surface area contributed by atoms with E-state index in [1.54, 1.807) is 0 Å². The van der Waals surface area contributed by atoms with Crippen LogP contribution < -0.4 is 16.0 Å². The number of amides is 2. The summed E-state index contributed by atoms with van der Waals surface area (Å²) < 4.78 is 0. The zero-order valence-electron chi connectivity index (χ0n) is 11.6. The first-order chi connectivity index (χ1) is 9.58. The second-order valence-electron chi connectivity index (χ2n) is 4.34. The molecular weight excluding hydrogens is 274 g/mol. The Labute approximate surface area is 121 Å². The molecule has 20 heavy (non-hydrogen) atoms. The van der Waals surface area contributed by atoms with Gasteiger partial charge in [0.05, 0.1) is 0 Å². The zero-order valence-corrected chi connectivity index (χ0v) is 12.4. The molecule has 1 aromatic carbocycles. The highest BCUT2D eigenvalue weighted by atomic mass is 32.1. The topological polar surface area (TPSA) is 78.9 Å². The fourth-order valence-corrected chi connectivity index (χ4v) is 2.25. The van der Waals surface area contributed by atoms with Crippen molar-refractivity contribution in [3.05, 3.63) is 34.8 Å². The van der Waals surface area contributed by atoms with E-state index in [2.05, 4.69) is 33.1 Å². The highest BCUT2D eigenvalue weighted by Crippen LogP contribution is 2.18. The molecule has 0 saturated heterocycles. The SMILES string of the molecule is CNC(C)c1cccc(NC(=O)Nc2nnc(C)s2)c1. The number of carbonyl (C=O) groups is 1. The zero-order chi connectivity index (χ0) is 14.5. The summed E-state index contributed by atoms with van der Waals surface area (Å²) in [5.74, 6) is 0. The van der Waals surface area contributed by atoms with Crippen LogP contribution in [0, 0.1) is 6.92 Å². The summed E-state index contributed by atoms with van der Waals surface area (Å²) in [6.45, 7) is 3.90. The Hall–Kier alpha value is -1.99. The van der Waals surface area contributed by atoms with Crippen molar-refractivity contribution in [1.29, 1.82) is 0 Å². The second-order valence-corrected chi connectivity index (χ2v) is 5.52. The molecule has 7 heteroatoms. The van der Waals surface area contributed by atoms with Gasteiger partial charge in [0, 0.05) is 11.7 Å². The van der Waals surface area contributed by atoms with Gasteiger partial charge in [-0.15, -0.1) is 10.2 Å². The first-order valence-corrected chi connectivity index (χ1v) is 7.05. The number of urea groups is 1. The number of hydrogen-bond acceptors (Lipinski definition) is 5. The lowest BCUT2D eigenvalue weighted by Crippen LogP contribution is -2.19. The number of rotatable bonds is 4. The van der Waals surface area contributed by atoms with E-state index in [-0.39, 0.29) is 12.1 Å². The molecular formula is C13H17N5OS. The lowest BCUT2D eigenvalue weighted by Gasteiger charge is -2.12. The van der Waals surface area contributed by atoms with Crippen LogP contribution in [0.25, 0.3) is 0 Å². The van der Waals surface area contributed by atoms with Crippen molar-refractivity contribution in [2.24, 2.45) is 0 Å². The molecule has 0 fully saturated rings. The molecule has 1 aromatic heterocycles. The van der Waals surface area contributed by atoms with Gasteiger partial charge in [0.15, 0.2) is 0 Å². The quantitative estimate of drug-likeness (QED) is 0.809. The van der Waals surface area contributed by atoms with Crippen LogP contribution in [0.2, 0.25) is 0 Å². The monoisotopic (exact) mass is 291 g/mol. The maximum Gasteiger partial charge on any atom is 0.325 e. The van der Waals surface area contributed by atoms with Gasteiger partial charge in [0.1, 0.15) is 5.01 Å². The van der Waals surface area contributed by atoms with Crippen LogP contribution in [0.15, 0.2) is 24.3 Å². The minimum absolute atomic E-state index is 0.227. The van der Waals surface area contributed by atoms with E-state index in [0.717, 1.165) is 16.3 Å². The lowest BCUT2D eigenvalue weighted by molar-refractivity contribution is 0.262. The van der Waals surface area contributed by atoms with Gasteiger partial charge in [-0.3, -0.25) is 5.32 Å². The van der Waals surface area contributed by atoms with Crippen molar-refractivity contribution in [3.8, 4) is 0 Å². The molecule has 2 amide bonds. The summed E-state index contributed by atoms with van der Waals surface area (Å²) in [5.41, 5.74) is 1.85. The van der Waals surface area contributed by atoms with Crippen LogP contribution >= 0.6 is 11.3 Å². The number of aromatic nitrogens is 2. The molecule has 0 spiro atoms. The van der Waals surface area contributed by atoms with Crippen molar-refractivity contribution in [2.45, 2.75) is 19.9 Å². The first kappa shape index (κ1) is 14.4. The van der Waals surface area contributed by atoms with Crippen LogP contribution in [0.1, 0.15) is 23.5 Å². The molecule has 0 radical (unpaired) electrons. The Morgan fingerprint density at radius 3 is 2.75 bits per heavy atom. The smallest absolute Gasteiger partial charge is 0.313 e. The Kier molecular flexibility index (Phi) is 4.65. The molecule has 0 saturated carbocycles. The van der Waals surface area contributed by atoms with Gasteiger partial charge >= 0.3 is 6.03 Å². The minimum atomic E-state index is -0.324. The Bertz CT molecular complexity index is 598. The Morgan fingerprint density at radius 1 is 1.30 bits per heavy atom. The van der Waals surface area contributed by atoms with E-state index in [1.165, 1.54) is 11.3 Å². The number of carbonyl (C=O) groups excluding carboxylic acids is 1. The van der Waals surface area contributed by atoms with Crippen LogP contribution in [-0.2, 0) is 0 Å². The van der Waals surface area contributed by atoms with E-state index in [0.29, 0.717) is 5.13 Å². The van der Waals surface area contributed by atoms with Gasteiger partial charge in [-0.2, -0.15) is 0 Å². The summed E-state index contributed by atoms with van der Waals surface area (Å²) in [5, 5.41) is 17.6. The van der Waals surface area contributed by atoms with Crippen LogP contribution in [0.4, 0.5) is 15.6 Å². The summed E-state index contributed by atoms with van der Waals surface area (Å²) in [6.07, 6.45) is 0. The van der Waals surface area contributed by atoms with Crippen molar-refractivity contribution >= 4 is 28.2 Å². The van der Waals surface area contributed by atoms with E-state index >= 15 is 0 Å².